The fourth-order valence-corrected chi connectivity index (χ4v) is 1.72. The average Bonchev–Trinajstić information content (AvgIpc) is 2.36. The van der Waals surface area contributed by atoms with Crippen molar-refractivity contribution >= 4 is 29.4 Å². The fourth-order valence-electron chi connectivity index (χ4n) is 1.67. The molecule has 0 aromatic rings. The molecule has 2 N–H and O–H groups in total. The Morgan fingerprint density at radius 1 is 1.22 bits per heavy atom. The molecule has 1 fully saturated rings. The van der Waals surface area contributed by atoms with Crippen molar-refractivity contribution in [1.82, 2.24) is 15.5 Å². The molecule has 1 saturated heterocycles. The fraction of sp³-hybridized carbons (Fsp3) is 0.727. The number of amides is 4. The van der Waals surface area contributed by atoms with E-state index < -0.39 is 17.3 Å². The standard InChI is InChI=1S/C11H18ClN3O3/c1-8(12)10(17)14-11(18)13-7-9(16)15-5-3-2-4-6-15/h8H,2-7H2,1H3,(H2,13,14,17,18). The summed E-state index contributed by atoms with van der Waals surface area (Å²) in [5.74, 6) is -0.712. The summed E-state index contributed by atoms with van der Waals surface area (Å²) in [6.45, 7) is 2.83. The number of nitrogens with zero attached hydrogens (tertiary/aromatic N) is 1. The third-order valence-corrected chi connectivity index (χ3v) is 2.91. The molecule has 1 rings (SSSR count). The van der Waals surface area contributed by atoms with Crippen LogP contribution in [0.15, 0.2) is 0 Å². The summed E-state index contributed by atoms with van der Waals surface area (Å²) in [5, 5.41) is 3.61. The van der Waals surface area contributed by atoms with Crippen LogP contribution in [0.25, 0.3) is 0 Å². The number of piperidine rings is 1. The van der Waals surface area contributed by atoms with Crippen molar-refractivity contribution < 1.29 is 14.4 Å². The molecule has 4 amide bonds. The predicted octanol–water partition coefficient (Wildman–Crippen LogP) is 0.452. The number of hydrogen-bond acceptors (Lipinski definition) is 3. The third-order valence-electron chi connectivity index (χ3n) is 2.71. The second-order valence-electron chi connectivity index (χ2n) is 4.23. The number of imide groups is 1. The Labute approximate surface area is 111 Å². The van der Waals surface area contributed by atoms with Crippen LogP contribution in [0.1, 0.15) is 26.2 Å². The number of carbonyl (C=O) groups is 3. The normalized spacial score (nSPS) is 16.9. The Morgan fingerprint density at radius 3 is 2.39 bits per heavy atom. The first-order valence-electron chi connectivity index (χ1n) is 6.01. The smallest absolute Gasteiger partial charge is 0.321 e. The van der Waals surface area contributed by atoms with Crippen molar-refractivity contribution in [2.24, 2.45) is 0 Å². The summed E-state index contributed by atoms with van der Waals surface area (Å²) >= 11 is 5.49. The number of urea groups is 1. The van der Waals surface area contributed by atoms with Gasteiger partial charge in [-0.3, -0.25) is 14.9 Å². The lowest BCUT2D eigenvalue weighted by Gasteiger charge is -2.26. The van der Waals surface area contributed by atoms with Crippen molar-refractivity contribution in [2.45, 2.75) is 31.6 Å². The molecule has 18 heavy (non-hydrogen) atoms. The highest BCUT2D eigenvalue weighted by Gasteiger charge is 2.18. The van der Waals surface area contributed by atoms with Gasteiger partial charge in [-0.2, -0.15) is 0 Å². The molecule has 1 atom stereocenters. The lowest BCUT2D eigenvalue weighted by molar-refractivity contribution is -0.131. The maximum Gasteiger partial charge on any atom is 0.321 e. The van der Waals surface area contributed by atoms with Gasteiger partial charge < -0.3 is 10.2 Å². The maximum absolute atomic E-state index is 11.7. The van der Waals surface area contributed by atoms with E-state index in [1.165, 1.54) is 6.92 Å². The van der Waals surface area contributed by atoms with Crippen molar-refractivity contribution in [1.29, 1.82) is 0 Å². The topological polar surface area (TPSA) is 78.5 Å². The van der Waals surface area contributed by atoms with E-state index in [1.54, 1.807) is 4.90 Å². The van der Waals surface area contributed by atoms with Crippen LogP contribution >= 0.6 is 11.6 Å². The van der Waals surface area contributed by atoms with E-state index in [9.17, 15) is 14.4 Å². The molecule has 0 radical (unpaired) electrons. The van der Waals surface area contributed by atoms with Crippen molar-refractivity contribution in [3.8, 4) is 0 Å². The molecular formula is C11H18ClN3O3. The van der Waals surface area contributed by atoms with E-state index >= 15 is 0 Å². The van der Waals surface area contributed by atoms with Crippen LogP contribution in [0.3, 0.4) is 0 Å². The molecule has 1 aliphatic rings. The predicted molar refractivity (Wildman–Crippen MR) is 67.3 cm³/mol. The third kappa shape index (κ3) is 4.91. The van der Waals surface area contributed by atoms with E-state index in [2.05, 4.69) is 5.32 Å². The molecule has 1 unspecified atom stereocenters. The lowest BCUT2D eigenvalue weighted by atomic mass is 10.1. The molecule has 6 nitrogen and oxygen atoms in total. The second kappa shape index (κ2) is 7.20. The van der Waals surface area contributed by atoms with Gasteiger partial charge in [0.1, 0.15) is 5.38 Å². The molecule has 1 aliphatic heterocycles. The van der Waals surface area contributed by atoms with Crippen LogP contribution in [0.2, 0.25) is 0 Å². The van der Waals surface area contributed by atoms with E-state index in [1.807, 2.05) is 5.32 Å². The van der Waals surface area contributed by atoms with Gasteiger partial charge >= 0.3 is 6.03 Å². The number of rotatable bonds is 3. The van der Waals surface area contributed by atoms with Crippen molar-refractivity contribution in [3.05, 3.63) is 0 Å². The monoisotopic (exact) mass is 275 g/mol. The zero-order chi connectivity index (χ0) is 13.5. The summed E-state index contributed by atoms with van der Waals surface area (Å²) < 4.78 is 0. The molecule has 0 bridgehead atoms. The molecule has 0 aromatic heterocycles. The number of hydrogen-bond donors (Lipinski definition) is 2. The van der Waals surface area contributed by atoms with Crippen LogP contribution in [0.4, 0.5) is 4.79 Å². The van der Waals surface area contributed by atoms with Gasteiger partial charge in [0, 0.05) is 13.1 Å². The summed E-state index contributed by atoms with van der Waals surface area (Å²) in [7, 11) is 0. The van der Waals surface area contributed by atoms with Gasteiger partial charge in [0.15, 0.2) is 0 Å². The number of likely N-dealkylation sites (tertiary alicyclic amines) is 1. The first kappa shape index (κ1) is 14.8. The first-order chi connectivity index (χ1) is 8.50. The van der Waals surface area contributed by atoms with E-state index in [0.29, 0.717) is 0 Å². The van der Waals surface area contributed by atoms with Crippen LogP contribution in [-0.2, 0) is 9.59 Å². The van der Waals surface area contributed by atoms with Crippen molar-refractivity contribution in [2.75, 3.05) is 19.6 Å². The van der Waals surface area contributed by atoms with Gasteiger partial charge in [-0.15, -0.1) is 11.6 Å². The number of alkyl halides is 1. The van der Waals surface area contributed by atoms with Crippen LogP contribution in [-0.4, -0.2) is 47.8 Å². The summed E-state index contributed by atoms with van der Waals surface area (Å²) in [4.78, 5) is 35.8. The first-order valence-corrected chi connectivity index (χ1v) is 6.45. The van der Waals surface area contributed by atoms with Gasteiger partial charge in [0.2, 0.25) is 11.8 Å². The van der Waals surface area contributed by atoms with Crippen LogP contribution in [0, 0.1) is 0 Å². The van der Waals surface area contributed by atoms with E-state index in [0.717, 1.165) is 32.4 Å². The highest BCUT2D eigenvalue weighted by Crippen LogP contribution is 2.08. The minimum atomic E-state index is -0.784. The minimum absolute atomic E-state index is 0.101. The Bertz CT molecular complexity index is 327. The molecule has 0 spiro atoms. The van der Waals surface area contributed by atoms with Gasteiger partial charge in [0.25, 0.3) is 0 Å². The molecule has 1 heterocycles. The second-order valence-corrected chi connectivity index (χ2v) is 4.88. The van der Waals surface area contributed by atoms with Gasteiger partial charge in [-0.1, -0.05) is 0 Å². The van der Waals surface area contributed by atoms with E-state index in [-0.39, 0.29) is 12.5 Å². The molecule has 0 aliphatic carbocycles. The summed E-state index contributed by atoms with van der Waals surface area (Å²) in [6, 6.07) is -0.696. The van der Waals surface area contributed by atoms with Gasteiger partial charge in [-0.25, -0.2) is 4.79 Å². The zero-order valence-corrected chi connectivity index (χ0v) is 11.1. The quantitative estimate of drug-likeness (QED) is 0.734. The highest BCUT2D eigenvalue weighted by atomic mass is 35.5. The number of carbonyl (C=O) groups excluding carboxylic acids is 3. The average molecular weight is 276 g/mol. The number of nitrogens with one attached hydrogen (secondary N) is 2. The SMILES string of the molecule is CC(Cl)C(=O)NC(=O)NCC(=O)N1CCCCC1. The maximum atomic E-state index is 11.7. The van der Waals surface area contributed by atoms with E-state index in [4.69, 9.17) is 11.6 Å². The highest BCUT2D eigenvalue weighted by molar-refractivity contribution is 6.31. The van der Waals surface area contributed by atoms with Gasteiger partial charge in [0.05, 0.1) is 6.54 Å². The largest absolute Gasteiger partial charge is 0.341 e. The summed E-state index contributed by atoms with van der Waals surface area (Å²) in [6.07, 6.45) is 3.14. The molecule has 102 valence electrons. The van der Waals surface area contributed by atoms with Crippen LogP contribution < -0.4 is 10.6 Å². The number of halogens is 1. The molecule has 0 saturated carbocycles. The Morgan fingerprint density at radius 2 is 1.83 bits per heavy atom. The zero-order valence-electron chi connectivity index (χ0n) is 10.4. The molecular weight excluding hydrogens is 258 g/mol. The minimum Gasteiger partial charge on any atom is -0.341 e. The Kier molecular flexibility index (Phi) is 5.91. The Hall–Kier alpha value is -1.30. The molecule has 7 heteroatoms. The van der Waals surface area contributed by atoms with Crippen molar-refractivity contribution in [3.63, 3.8) is 0 Å². The Balaban J connectivity index is 2.25. The molecule has 0 aromatic carbocycles. The summed E-state index contributed by atoms with van der Waals surface area (Å²) in [5.41, 5.74) is 0. The van der Waals surface area contributed by atoms with Crippen LogP contribution in [0.5, 0.6) is 0 Å². The van der Waals surface area contributed by atoms with Gasteiger partial charge in [-0.05, 0) is 26.2 Å². The lowest BCUT2D eigenvalue weighted by Crippen LogP contribution is -2.47.